The van der Waals surface area contributed by atoms with Crippen molar-refractivity contribution in [3.8, 4) is 12.3 Å². The number of rotatable bonds is 2. The summed E-state index contributed by atoms with van der Waals surface area (Å²) in [5, 5.41) is 2.52. The van der Waals surface area contributed by atoms with Crippen molar-refractivity contribution in [2.24, 2.45) is 0 Å². The number of carbonyl (C=O) groups excluding carboxylic acids is 2. The van der Waals surface area contributed by atoms with Crippen molar-refractivity contribution in [3.05, 3.63) is 0 Å². The van der Waals surface area contributed by atoms with Crippen LogP contribution >= 0.6 is 0 Å². The van der Waals surface area contributed by atoms with Crippen LogP contribution in [-0.2, 0) is 9.59 Å². The molecule has 0 atom stereocenters. The molecule has 1 rings (SSSR count). The third-order valence-corrected chi connectivity index (χ3v) is 1.92. The van der Waals surface area contributed by atoms with Crippen molar-refractivity contribution in [3.63, 3.8) is 0 Å². The first-order valence-corrected chi connectivity index (χ1v) is 4.22. The van der Waals surface area contributed by atoms with Crippen molar-refractivity contribution in [2.75, 3.05) is 19.6 Å². The number of nitrogens with zero attached hydrogens (tertiary/aromatic N) is 1. The van der Waals surface area contributed by atoms with Crippen molar-refractivity contribution in [2.45, 2.75) is 12.8 Å². The molecular weight excluding hydrogens is 168 g/mol. The number of terminal acetylenes is 1. The van der Waals surface area contributed by atoms with Crippen LogP contribution in [0.25, 0.3) is 0 Å². The molecule has 1 heterocycles. The summed E-state index contributed by atoms with van der Waals surface area (Å²) < 4.78 is 0. The van der Waals surface area contributed by atoms with Crippen molar-refractivity contribution in [1.29, 1.82) is 0 Å². The van der Waals surface area contributed by atoms with E-state index in [1.807, 2.05) is 0 Å². The molecule has 1 N–H and O–H groups in total. The Morgan fingerprint density at radius 2 is 2.31 bits per heavy atom. The average molecular weight is 180 g/mol. The molecular formula is C9H12N2O2. The van der Waals surface area contributed by atoms with Crippen LogP contribution in [0.4, 0.5) is 0 Å². The van der Waals surface area contributed by atoms with E-state index < -0.39 is 0 Å². The van der Waals surface area contributed by atoms with E-state index >= 15 is 0 Å². The highest BCUT2D eigenvalue weighted by Crippen LogP contribution is 1.98. The molecule has 0 aromatic rings. The molecule has 4 nitrogen and oxygen atoms in total. The van der Waals surface area contributed by atoms with E-state index in [4.69, 9.17) is 6.42 Å². The fourth-order valence-electron chi connectivity index (χ4n) is 1.17. The second-order valence-corrected chi connectivity index (χ2v) is 2.86. The molecule has 0 aromatic carbocycles. The van der Waals surface area contributed by atoms with Gasteiger partial charge in [0.05, 0.1) is 6.54 Å². The van der Waals surface area contributed by atoms with Gasteiger partial charge in [-0.15, -0.1) is 12.3 Å². The highest BCUT2D eigenvalue weighted by molar-refractivity contribution is 5.87. The Hall–Kier alpha value is -1.50. The third-order valence-electron chi connectivity index (χ3n) is 1.92. The second-order valence-electron chi connectivity index (χ2n) is 2.86. The van der Waals surface area contributed by atoms with Gasteiger partial charge in [0.25, 0.3) is 0 Å². The SMILES string of the molecule is C#CCCN1CCC(=O)NCC1=O. The summed E-state index contributed by atoms with van der Waals surface area (Å²) in [5.74, 6) is 2.34. The molecule has 2 amide bonds. The van der Waals surface area contributed by atoms with Gasteiger partial charge in [0, 0.05) is 25.9 Å². The first-order chi connectivity index (χ1) is 6.24. The molecule has 0 aromatic heterocycles. The number of carbonyl (C=O) groups is 2. The Kier molecular flexibility index (Phi) is 3.32. The van der Waals surface area contributed by atoms with Gasteiger partial charge in [-0.05, 0) is 0 Å². The number of nitrogens with one attached hydrogen (secondary N) is 1. The maximum atomic E-state index is 11.3. The lowest BCUT2D eigenvalue weighted by Crippen LogP contribution is -2.35. The Balaban J connectivity index is 2.48. The lowest BCUT2D eigenvalue weighted by molar-refractivity contribution is -0.130. The highest BCUT2D eigenvalue weighted by atomic mass is 16.2. The molecule has 70 valence electrons. The second kappa shape index (κ2) is 4.51. The summed E-state index contributed by atoms with van der Waals surface area (Å²) in [6.45, 7) is 1.13. The van der Waals surface area contributed by atoms with E-state index in [0.717, 1.165) is 0 Å². The Labute approximate surface area is 77.3 Å². The molecule has 1 aliphatic heterocycles. The van der Waals surface area contributed by atoms with Gasteiger partial charge < -0.3 is 10.2 Å². The minimum atomic E-state index is -0.0726. The minimum Gasteiger partial charge on any atom is -0.347 e. The van der Waals surface area contributed by atoms with Crippen LogP contribution in [0.1, 0.15) is 12.8 Å². The van der Waals surface area contributed by atoms with Gasteiger partial charge >= 0.3 is 0 Å². The number of hydrogen-bond donors (Lipinski definition) is 1. The topological polar surface area (TPSA) is 49.4 Å². The summed E-state index contributed by atoms with van der Waals surface area (Å²) in [7, 11) is 0. The quantitative estimate of drug-likeness (QED) is 0.574. The zero-order chi connectivity index (χ0) is 9.68. The van der Waals surface area contributed by atoms with E-state index in [1.165, 1.54) is 0 Å². The molecule has 4 heteroatoms. The fourth-order valence-corrected chi connectivity index (χ4v) is 1.17. The highest BCUT2D eigenvalue weighted by Gasteiger charge is 2.18. The van der Waals surface area contributed by atoms with Gasteiger partial charge in [0.2, 0.25) is 11.8 Å². The minimum absolute atomic E-state index is 0.0545. The maximum absolute atomic E-state index is 11.3. The predicted molar refractivity (Wildman–Crippen MR) is 47.7 cm³/mol. The molecule has 1 aliphatic rings. The number of hydrogen-bond acceptors (Lipinski definition) is 2. The molecule has 1 fully saturated rings. The van der Waals surface area contributed by atoms with Gasteiger partial charge in [-0.3, -0.25) is 9.59 Å². The lowest BCUT2D eigenvalue weighted by Gasteiger charge is -2.17. The van der Waals surface area contributed by atoms with E-state index in [1.54, 1.807) is 4.90 Å². The predicted octanol–water partition coefficient (Wildman–Crippen LogP) is -0.642. The Morgan fingerprint density at radius 3 is 3.00 bits per heavy atom. The van der Waals surface area contributed by atoms with Crippen LogP contribution in [0, 0.1) is 12.3 Å². The first kappa shape index (κ1) is 9.59. The standard InChI is InChI=1S/C9H12N2O2/c1-2-3-5-11-6-4-8(12)10-7-9(11)13/h1H,3-7H2,(H,10,12). The van der Waals surface area contributed by atoms with Crippen molar-refractivity contribution in [1.82, 2.24) is 10.2 Å². The molecule has 0 radical (unpaired) electrons. The zero-order valence-corrected chi connectivity index (χ0v) is 7.38. The summed E-state index contributed by atoms with van der Waals surface area (Å²) >= 11 is 0. The van der Waals surface area contributed by atoms with E-state index in [2.05, 4.69) is 11.2 Å². The Morgan fingerprint density at radius 1 is 1.54 bits per heavy atom. The summed E-state index contributed by atoms with van der Waals surface area (Å²) in [4.78, 5) is 23.8. The van der Waals surface area contributed by atoms with Gasteiger partial charge in [0.15, 0.2) is 0 Å². The molecule has 13 heavy (non-hydrogen) atoms. The average Bonchev–Trinajstić information content (AvgIpc) is 2.28. The van der Waals surface area contributed by atoms with Crippen molar-refractivity contribution >= 4 is 11.8 Å². The largest absolute Gasteiger partial charge is 0.347 e. The molecule has 0 saturated carbocycles. The molecule has 0 spiro atoms. The fraction of sp³-hybridized carbons (Fsp3) is 0.556. The van der Waals surface area contributed by atoms with E-state index in [9.17, 15) is 9.59 Å². The normalized spacial score (nSPS) is 17.6. The van der Waals surface area contributed by atoms with Gasteiger partial charge in [-0.2, -0.15) is 0 Å². The Bertz CT molecular complexity index is 255. The van der Waals surface area contributed by atoms with Crippen LogP contribution < -0.4 is 5.32 Å². The van der Waals surface area contributed by atoms with Crippen LogP contribution in [0.2, 0.25) is 0 Å². The van der Waals surface area contributed by atoms with E-state index in [0.29, 0.717) is 25.9 Å². The molecule has 0 unspecified atom stereocenters. The summed E-state index contributed by atoms with van der Waals surface area (Å²) in [5.41, 5.74) is 0. The lowest BCUT2D eigenvalue weighted by atomic mass is 10.3. The maximum Gasteiger partial charge on any atom is 0.242 e. The van der Waals surface area contributed by atoms with Crippen LogP contribution in [0.15, 0.2) is 0 Å². The number of amides is 2. The van der Waals surface area contributed by atoms with E-state index in [-0.39, 0.29) is 18.4 Å². The summed E-state index contributed by atoms with van der Waals surface area (Å²) in [6.07, 6.45) is 6.00. The smallest absolute Gasteiger partial charge is 0.242 e. The molecule has 0 aliphatic carbocycles. The zero-order valence-electron chi connectivity index (χ0n) is 7.38. The van der Waals surface area contributed by atoms with Crippen LogP contribution in [-0.4, -0.2) is 36.3 Å². The van der Waals surface area contributed by atoms with Crippen LogP contribution in [0.3, 0.4) is 0 Å². The van der Waals surface area contributed by atoms with Crippen molar-refractivity contribution < 1.29 is 9.59 Å². The monoisotopic (exact) mass is 180 g/mol. The van der Waals surface area contributed by atoms with Crippen LogP contribution in [0.5, 0.6) is 0 Å². The molecule has 0 bridgehead atoms. The molecule has 1 saturated heterocycles. The van der Waals surface area contributed by atoms with Gasteiger partial charge in [-0.1, -0.05) is 0 Å². The summed E-state index contributed by atoms with van der Waals surface area (Å²) in [6, 6.07) is 0. The third kappa shape index (κ3) is 2.79. The first-order valence-electron chi connectivity index (χ1n) is 4.22. The van der Waals surface area contributed by atoms with Gasteiger partial charge in [-0.25, -0.2) is 0 Å². The van der Waals surface area contributed by atoms with Gasteiger partial charge in [0.1, 0.15) is 0 Å².